The molecule has 4 nitrogen and oxygen atoms in total. The number of rotatable bonds is 4. The van der Waals surface area contributed by atoms with Crippen molar-refractivity contribution in [1.29, 1.82) is 5.26 Å². The SMILES string of the molecule is N#C/C(=C\c1csc(-c2ccc(F)cc2)n1)C(=O)Nc1c(Cl)cccc1Cl. The highest BCUT2D eigenvalue weighted by molar-refractivity contribution is 7.13. The van der Waals surface area contributed by atoms with Crippen LogP contribution < -0.4 is 5.32 Å². The van der Waals surface area contributed by atoms with E-state index in [9.17, 15) is 14.4 Å². The second-order valence-electron chi connectivity index (χ2n) is 5.31. The highest BCUT2D eigenvalue weighted by atomic mass is 35.5. The molecule has 0 bridgehead atoms. The number of nitriles is 1. The van der Waals surface area contributed by atoms with E-state index < -0.39 is 5.91 Å². The summed E-state index contributed by atoms with van der Waals surface area (Å²) in [6, 6.07) is 12.5. The average molecular weight is 418 g/mol. The molecule has 0 aliphatic heterocycles. The van der Waals surface area contributed by atoms with E-state index in [0.717, 1.165) is 5.56 Å². The van der Waals surface area contributed by atoms with Crippen molar-refractivity contribution in [2.24, 2.45) is 0 Å². The average Bonchev–Trinajstić information content (AvgIpc) is 3.12. The van der Waals surface area contributed by atoms with Gasteiger partial charge in [-0.05, 0) is 42.5 Å². The van der Waals surface area contributed by atoms with Gasteiger partial charge in [0.05, 0.1) is 21.4 Å². The minimum Gasteiger partial charge on any atom is -0.319 e. The molecule has 8 heteroatoms. The molecule has 1 N–H and O–H groups in total. The molecular formula is C19H10Cl2FN3OS. The first-order chi connectivity index (χ1) is 13.0. The molecule has 0 aliphatic carbocycles. The molecule has 0 saturated carbocycles. The fraction of sp³-hybridized carbons (Fsp3) is 0. The van der Waals surface area contributed by atoms with Crippen molar-refractivity contribution in [3.8, 4) is 16.6 Å². The van der Waals surface area contributed by atoms with Gasteiger partial charge in [-0.15, -0.1) is 11.3 Å². The van der Waals surface area contributed by atoms with Crippen molar-refractivity contribution in [2.45, 2.75) is 0 Å². The van der Waals surface area contributed by atoms with Crippen LogP contribution in [0.2, 0.25) is 10.0 Å². The van der Waals surface area contributed by atoms with Crippen LogP contribution in [0.3, 0.4) is 0 Å². The largest absolute Gasteiger partial charge is 0.319 e. The topological polar surface area (TPSA) is 65.8 Å². The second kappa shape index (κ2) is 8.31. The first-order valence-corrected chi connectivity index (χ1v) is 9.20. The number of nitrogens with one attached hydrogen (secondary N) is 1. The zero-order valence-electron chi connectivity index (χ0n) is 13.5. The summed E-state index contributed by atoms with van der Waals surface area (Å²) >= 11 is 13.4. The molecular weight excluding hydrogens is 408 g/mol. The lowest BCUT2D eigenvalue weighted by atomic mass is 10.2. The molecule has 0 radical (unpaired) electrons. The quantitative estimate of drug-likeness (QED) is 0.430. The number of nitrogens with zero attached hydrogens (tertiary/aromatic N) is 2. The Bertz CT molecular complexity index is 1050. The van der Waals surface area contributed by atoms with Crippen LogP contribution in [0.15, 0.2) is 53.4 Å². The molecule has 3 aromatic rings. The van der Waals surface area contributed by atoms with Crippen LogP contribution in [-0.4, -0.2) is 10.9 Å². The van der Waals surface area contributed by atoms with Crippen LogP contribution in [0.25, 0.3) is 16.6 Å². The van der Waals surface area contributed by atoms with E-state index >= 15 is 0 Å². The molecule has 0 aliphatic rings. The summed E-state index contributed by atoms with van der Waals surface area (Å²) in [6.45, 7) is 0. The maximum absolute atomic E-state index is 13.0. The summed E-state index contributed by atoms with van der Waals surface area (Å²) < 4.78 is 13.0. The highest BCUT2D eigenvalue weighted by Gasteiger charge is 2.14. The van der Waals surface area contributed by atoms with Gasteiger partial charge in [0.2, 0.25) is 0 Å². The third kappa shape index (κ3) is 4.52. The smallest absolute Gasteiger partial charge is 0.266 e. The Morgan fingerprint density at radius 3 is 2.48 bits per heavy atom. The number of hydrogen-bond donors (Lipinski definition) is 1. The summed E-state index contributed by atoms with van der Waals surface area (Å²) in [6.07, 6.45) is 1.36. The van der Waals surface area contributed by atoms with Gasteiger partial charge < -0.3 is 5.32 Å². The van der Waals surface area contributed by atoms with E-state index in [4.69, 9.17) is 23.2 Å². The number of benzene rings is 2. The van der Waals surface area contributed by atoms with Crippen LogP contribution in [0.4, 0.5) is 10.1 Å². The van der Waals surface area contributed by atoms with Crippen LogP contribution in [0.5, 0.6) is 0 Å². The van der Waals surface area contributed by atoms with Crippen LogP contribution in [0, 0.1) is 17.1 Å². The minimum atomic E-state index is -0.649. The lowest BCUT2D eigenvalue weighted by Gasteiger charge is -2.08. The van der Waals surface area contributed by atoms with Crippen molar-refractivity contribution < 1.29 is 9.18 Å². The highest BCUT2D eigenvalue weighted by Crippen LogP contribution is 2.30. The van der Waals surface area contributed by atoms with Crippen LogP contribution in [0.1, 0.15) is 5.69 Å². The summed E-state index contributed by atoms with van der Waals surface area (Å²) in [5.74, 6) is -0.985. The normalized spacial score (nSPS) is 11.1. The molecule has 27 heavy (non-hydrogen) atoms. The summed E-state index contributed by atoms with van der Waals surface area (Å²) in [4.78, 5) is 16.7. The zero-order chi connectivity index (χ0) is 19.4. The number of hydrogen-bond acceptors (Lipinski definition) is 4. The molecule has 3 rings (SSSR count). The van der Waals surface area contributed by atoms with Gasteiger partial charge in [0, 0.05) is 10.9 Å². The van der Waals surface area contributed by atoms with Gasteiger partial charge in [-0.25, -0.2) is 9.37 Å². The maximum atomic E-state index is 13.0. The van der Waals surface area contributed by atoms with E-state index in [2.05, 4.69) is 10.3 Å². The van der Waals surface area contributed by atoms with E-state index in [-0.39, 0.29) is 27.1 Å². The lowest BCUT2D eigenvalue weighted by molar-refractivity contribution is -0.112. The standard InChI is InChI=1S/C19H10Cl2FN3OS/c20-15-2-1-3-16(21)17(15)25-18(26)12(9-23)8-14-10-27-19(24-14)11-4-6-13(22)7-5-11/h1-8,10H,(H,25,26)/b12-8+. The molecule has 0 spiro atoms. The van der Waals surface area contributed by atoms with Gasteiger partial charge in [0.25, 0.3) is 5.91 Å². The van der Waals surface area contributed by atoms with Crippen molar-refractivity contribution >= 4 is 52.2 Å². The first kappa shape index (κ1) is 19.1. The molecule has 2 aromatic carbocycles. The second-order valence-corrected chi connectivity index (χ2v) is 6.98. The minimum absolute atomic E-state index is 0.151. The van der Waals surface area contributed by atoms with E-state index in [1.54, 1.807) is 35.7 Å². The van der Waals surface area contributed by atoms with E-state index in [1.165, 1.54) is 29.5 Å². The third-order valence-electron chi connectivity index (χ3n) is 3.47. The Labute approximate surface area is 168 Å². The van der Waals surface area contributed by atoms with Gasteiger partial charge >= 0.3 is 0 Å². The number of carbonyl (C=O) groups excluding carboxylic acids is 1. The Hall–Kier alpha value is -2.72. The number of thiazole rings is 1. The Kier molecular flexibility index (Phi) is 5.87. The monoisotopic (exact) mass is 417 g/mol. The first-order valence-electron chi connectivity index (χ1n) is 7.56. The van der Waals surface area contributed by atoms with Crippen molar-refractivity contribution in [2.75, 3.05) is 5.32 Å². The van der Waals surface area contributed by atoms with Gasteiger partial charge in [0.15, 0.2) is 0 Å². The number of aromatic nitrogens is 1. The fourth-order valence-electron chi connectivity index (χ4n) is 2.17. The number of para-hydroxylation sites is 1. The fourth-order valence-corrected chi connectivity index (χ4v) is 3.45. The third-order valence-corrected chi connectivity index (χ3v) is 5.01. The predicted molar refractivity (Wildman–Crippen MR) is 106 cm³/mol. The Balaban J connectivity index is 1.83. The van der Waals surface area contributed by atoms with Gasteiger partial charge in [-0.3, -0.25) is 4.79 Å². The summed E-state index contributed by atoms with van der Waals surface area (Å²) in [7, 11) is 0. The number of amides is 1. The van der Waals surface area contributed by atoms with Crippen LogP contribution >= 0.6 is 34.5 Å². The molecule has 0 unspecified atom stereocenters. The van der Waals surface area contributed by atoms with Crippen molar-refractivity contribution in [3.63, 3.8) is 0 Å². The molecule has 1 aromatic heterocycles. The van der Waals surface area contributed by atoms with E-state index in [0.29, 0.717) is 10.7 Å². The number of anilines is 1. The number of halogens is 3. The molecule has 0 atom stereocenters. The Morgan fingerprint density at radius 1 is 1.19 bits per heavy atom. The van der Waals surface area contributed by atoms with Gasteiger partial charge in [-0.1, -0.05) is 29.3 Å². The predicted octanol–water partition coefficient (Wildman–Crippen LogP) is 5.80. The van der Waals surface area contributed by atoms with Gasteiger partial charge in [0.1, 0.15) is 22.5 Å². The summed E-state index contributed by atoms with van der Waals surface area (Å²) in [5, 5.41) is 14.7. The van der Waals surface area contributed by atoms with Crippen molar-refractivity contribution in [3.05, 3.63) is 75.0 Å². The molecule has 0 fully saturated rings. The zero-order valence-corrected chi connectivity index (χ0v) is 15.9. The van der Waals surface area contributed by atoms with Crippen LogP contribution in [-0.2, 0) is 4.79 Å². The van der Waals surface area contributed by atoms with Crippen molar-refractivity contribution in [1.82, 2.24) is 4.98 Å². The molecule has 0 saturated heterocycles. The molecule has 1 amide bonds. The van der Waals surface area contributed by atoms with Gasteiger partial charge in [-0.2, -0.15) is 5.26 Å². The maximum Gasteiger partial charge on any atom is 0.266 e. The lowest BCUT2D eigenvalue weighted by Crippen LogP contribution is -2.14. The number of carbonyl (C=O) groups is 1. The molecule has 134 valence electrons. The Morgan fingerprint density at radius 2 is 1.85 bits per heavy atom. The summed E-state index contributed by atoms with van der Waals surface area (Å²) in [5.41, 5.74) is 1.27. The van der Waals surface area contributed by atoms with E-state index in [1.807, 2.05) is 6.07 Å². The molecule has 1 heterocycles.